The van der Waals surface area contributed by atoms with Crippen LogP contribution in [0.4, 0.5) is 0 Å². The van der Waals surface area contributed by atoms with Crippen LogP contribution < -0.4 is 9.47 Å². The van der Waals surface area contributed by atoms with Crippen LogP contribution in [0.25, 0.3) is 0 Å². The average molecular weight is 371 g/mol. The molecule has 0 heterocycles. The van der Waals surface area contributed by atoms with E-state index in [0.717, 1.165) is 16.9 Å². The lowest BCUT2D eigenvalue weighted by Crippen LogP contribution is -2.36. The Balaban J connectivity index is 2.14. The van der Waals surface area contributed by atoms with E-state index in [1.807, 2.05) is 56.3 Å². The third kappa shape index (κ3) is 5.23. The first-order valence-electron chi connectivity index (χ1n) is 9.08. The van der Waals surface area contributed by atoms with Crippen LogP contribution in [0.1, 0.15) is 37.0 Å². The van der Waals surface area contributed by atoms with Crippen LogP contribution in [0.2, 0.25) is 0 Å². The molecule has 2 unspecified atom stereocenters. The zero-order chi connectivity index (χ0) is 20.0. The van der Waals surface area contributed by atoms with Gasteiger partial charge in [0.1, 0.15) is 11.5 Å². The summed E-state index contributed by atoms with van der Waals surface area (Å²) in [6.45, 7) is 4.27. The summed E-state index contributed by atoms with van der Waals surface area (Å²) in [5.74, 6) is 1.27. The number of amides is 1. The van der Waals surface area contributed by atoms with E-state index in [1.165, 1.54) is 0 Å². The van der Waals surface area contributed by atoms with Crippen molar-refractivity contribution in [2.75, 3.05) is 27.8 Å². The molecule has 0 radical (unpaired) electrons. The van der Waals surface area contributed by atoms with Gasteiger partial charge in [-0.2, -0.15) is 0 Å². The Morgan fingerprint density at radius 3 is 2.19 bits per heavy atom. The minimum atomic E-state index is -0.780. The van der Waals surface area contributed by atoms with Crippen LogP contribution >= 0.6 is 0 Å². The fourth-order valence-electron chi connectivity index (χ4n) is 3.16. The standard InChI is InChI=1S/C22H29NO4/c1-15(2)21(16-9-11-18(26-4)12-10-16)22(25)23(3)14-20(24)17-7-6-8-19(13-17)27-5/h6-13,15,20-21,24H,14H2,1-5H3. The van der Waals surface area contributed by atoms with Crippen LogP contribution in [0.3, 0.4) is 0 Å². The molecule has 0 aliphatic rings. The molecule has 5 heteroatoms. The van der Waals surface area contributed by atoms with Crippen molar-refractivity contribution in [2.24, 2.45) is 5.92 Å². The van der Waals surface area contributed by atoms with Gasteiger partial charge in [0.15, 0.2) is 0 Å². The van der Waals surface area contributed by atoms with Crippen molar-refractivity contribution < 1.29 is 19.4 Å². The number of methoxy groups -OCH3 is 2. The minimum Gasteiger partial charge on any atom is -0.497 e. The van der Waals surface area contributed by atoms with Crippen LogP contribution in [-0.2, 0) is 4.79 Å². The second-order valence-corrected chi connectivity index (χ2v) is 7.01. The second kappa shape index (κ2) is 9.42. The Hall–Kier alpha value is -2.53. The molecule has 0 aliphatic heterocycles. The third-order valence-electron chi connectivity index (χ3n) is 4.71. The molecule has 146 valence electrons. The minimum absolute atomic E-state index is 0.0166. The highest BCUT2D eigenvalue weighted by Gasteiger charge is 2.28. The Bertz CT molecular complexity index is 742. The smallest absolute Gasteiger partial charge is 0.230 e. The van der Waals surface area contributed by atoms with E-state index in [-0.39, 0.29) is 24.3 Å². The summed E-state index contributed by atoms with van der Waals surface area (Å²) in [6.07, 6.45) is -0.780. The van der Waals surface area contributed by atoms with Gasteiger partial charge >= 0.3 is 0 Å². The molecule has 1 amide bonds. The van der Waals surface area contributed by atoms with Crippen LogP contribution in [0, 0.1) is 5.92 Å². The van der Waals surface area contributed by atoms with Crippen molar-refractivity contribution in [2.45, 2.75) is 25.9 Å². The lowest BCUT2D eigenvalue weighted by Gasteiger charge is -2.28. The number of aliphatic hydroxyl groups is 1. The third-order valence-corrected chi connectivity index (χ3v) is 4.71. The molecule has 1 N–H and O–H groups in total. The normalized spacial score (nSPS) is 13.1. The maximum absolute atomic E-state index is 13.1. The first-order chi connectivity index (χ1) is 12.9. The molecule has 2 aromatic carbocycles. The molecule has 2 aromatic rings. The summed E-state index contributed by atoms with van der Waals surface area (Å²) < 4.78 is 10.4. The Kier molecular flexibility index (Phi) is 7.25. The molecular weight excluding hydrogens is 342 g/mol. The quantitative estimate of drug-likeness (QED) is 0.770. The van der Waals surface area contributed by atoms with Crippen molar-refractivity contribution in [3.8, 4) is 11.5 Å². The highest BCUT2D eigenvalue weighted by Crippen LogP contribution is 2.29. The molecule has 0 saturated heterocycles. The summed E-state index contributed by atoms with van der Waals surface area (Å²) in [7, 11) is 4.93. The number of benzene rings is 2. The zero-order valence-electron chi connectivity index (χ0n) is 16.7. The number of hydrogen-bond acceptors (Lipinski definition) is 4. The predicted molar refractivity (Wildman–Crippen MR) is 106 cm³/mol. The number of aliphatic hydroxyl groups excluding tert-OH is 1. The lowest BCUT2D eigenvalue weighted by atomic mass is 9.87. The monoisotopic (exact) mass is 371 g/mol. The van der Waals surface area contributed by atoms with Crippen molar-refractivity contribution in [3.63, 3.8) is 0 Å². The molecular formula is C22H29NO4. The number of carbonyl (C=O) groups excluding carboxylic acids is 1. The van der Waals surface area contributed by atoms with Gasteiger partial charge in [0.2, 0.25) is 5.91 Å². The van der Waals surface area contributed by atoms with Crippen LogP contribution in [0.5, 0.6) is 11.5 Å². The highest BCUT2D eigenvalue weighted by molar-refractivity contribution is 5.84. The van der Waals surface area contributed by atoms with Gasteiger partial charge in [0, 0.05) is 7.05 Å². The molecule has 0 saturated carbocycles. The number of carbonyl (C=O) groups is 1. The summed E-state index contributed by atoms with van der Waals surface area (Å²) in [5.41, 5.74) is 1.66. The topological polar surface area (TPSA) is 59.0 Å². The van der Waals surface area contributed by atoms with E-state index < -0.39 is 6.10 Å². The Morgan fingerprint density at radius 2 is 1.63 bits per heavy atom. The van der Waals surface area contributed by atoms with E-state index in [2.05, 4.69) is 0 Å². The maximum Gasteiger partial charge on any atom is 0.230 e. The van der Waals surface area contributed by atoms with Crippen molar-refractivity contribution in [1.82, 2.24) is 4.90 Å². The van der Waals surface area contributed by atoms with Gasteiger partial charge in [-0.05, 0) is 41.3 Å². The van der Waals surface area contributed by atoms with Gasteiger partial charge in [0.05, 0.1) is 32.8 Å². The van der Waals surface area contributed by atoms with E-state index in [0.29, 0.717) is 5.75 Å². The molecule has 0 bridgehead atoms. The molecule has 2 atom stereocenters. The van der Waals surface area contributed by atoms with Gasteiger partial charge in [-0.1, -0.05) is 38.1 Å². The van der Waals surface area contributed by atoms with Gasteiger partial charge in [-0.25, -0.2) is 0 Å². The number of ether oxygens (including phenoxy) is 2. The zero-order valence-corrected chi connectivity index (χ0v) is 16.7. The predicted octanol–water partition coefficient (Wildman–Crippen LogP) is 3.64. The molecule has 0 spiro atoms. The summed E-state index contributed by atoms with van der Waals surface area (Å²) in [5, 5.41) is 10.6. The molecule has 0 fully saturated rings. The first-order valence-corrected chi connectivity index (χ1v) is 9.08. The SMILES string of the molecule is COc1ccc(C(C(=O)N(C)CC(O)c2cccc(OC)c2)C(C)C)cc1. The van der Waals surface area contributed by atoms with E-state index in [4.69, 9.17) is 9.47 Å². The van der Waals surface area contributed by atoms with Crippen LogP contribution in [0.15, 0.2) is 48.5 Å². The summed E-state index contributed by atoms with van der Waals surface area (Å²) in [6, 6.07) is 14.8. The Labute approximate surface area is 161 Å². The van der Waals surface area contributed by atoms with Gasteiger partial charge < -0.3 is 19.5 Å². The molecule has 0 aliphatic carbocycles. The fourth-order valence-corrected chi connectivity index (χ4v) is 3.16. The lowest BCUT2D eigenvalue weighted by molar-refractivity contribution is -0.133. The van der Waals surface area contributed by atoms with Gasteiger partial charge in [-0.3, -0.25) is 4.79 Å². The number of nitrogens with zero attached hydrogens (tertiary/aromatic N) is 1. The van der Waals surface area contributed by atoms with Crippen molar-refractivity contribution >= 4 is 5.91 Å². The van der Waals surface area contributed by atoms with E-state index >= 15 is 0 Å². The van der Waals surface area contributed by atoms with Gasteiger partial charge in [0.25, 0.3) is 0 Å². The second-order valence-electron chi connectivity index (χ2n) is 7.01. The number of hydrogen-bond donors (Lipinski definition) is 1. The maximum atomic E-state index is 13.1. The summed E-state index contributed by atoms with van der Waals surface area (Å²) in [4.78, 5) is 14.7. The van der Waals surface area contributed by atoms with Crippen molar-refractivity contribution in [1.29, 1.82) is 0 Å². The molecule has 2 rings (SSSR count). The van der Waals surface area contributed by atoms with Crippen molar-refractivity contribution in [3.05, 3.63) is 59.7 Å². The first kappa shape index (κ1) is 20.8. The highest BCUT2D eigenvalue weighted by atomic mass is 16.5. The fraction of sp³-hybridized carbons (Fsp3) is 0.409. The number of rotatable bonds is 8. The van der Waals surface area contributed by atoms with Crippen LogP contribution in [-0.4, -0.2) is 43.7 Å². The van der Waals surface area contributed by atoms with E-state index in [1.54, 1.807) is 32.2 Å². The average Bonchev–Trinajstić information content (AvgIpc) is 2.68. The Morgan fingerprint density at radius 1 is 1.00 bits per heavy atom. The summed E-state index contributed by atoms with van der Waals surface area (Å²) >= 11 is 0. The van der Waals surface area contributed by atoms with Gasteiger partial charge in [-0.15, -0.1) is 0 Å². The molecule has 27 heavy (non-hydrogen) atoms. The number of likely N-dealkylation sites (N-methyl/N-ethyl adjacent to an activating group) is 1. The largest absolute Gasteiger partial charge is 0.497 e. The molecule has 5 nitrogen and oxygen atoms in total. The van der Waals surface area contributed by atoms with E-state index in [9.17, 15) is 9.90 Å². The molecule has 0 aromatic heterocycles.